The van der Waals surface area contributed by atoms with Crippen LogP contribution in [0, 0.1) is 5.82 Å². The normalized spacial score (nSPS) is 10.4. The number of halogens is 1. The second kappa shape index (κ2) is 8.06. The molecule has 2 aromatic carbocycles. The highest BCUT2D eigenvalue weighted by molar-refractivity contribution is 5.77. The molecule has 26 heavy (non-hydrogen) atoms. The smallest absolute Gasteiger partial charge is 0.258 e. The van der Waals surface area contributed by atoms with E-state index in [9.17, 15) is 9.18 Å². The van der Waals surface area contributed by atoms with E-state index >= 15 is 0 Å². The fraction of sp³-hybridized carbons (Fsp3) is 0.176. The molecule has 0 aliphatic carbocycles. The molecule has 3 aromatic rings. The van der Waals surface area contributed by atoms with Crippen molar-refractivity contribution in [2.45, 2.75) is 6.54 Å². The molecule has 1 heterocycles. The lowest BCUT2D eigenvalue weighted by Crippen LogP contribution is -2.29. The van der Waals surface area contributed by atoms with E-state index in [0.29, 0.717) is 23.0 Å². The Balaban J connectivity index is 1.53. The van der Waals surface area contributed by atoms with E-state index in [0.717, 1.165) is 0 Å². The number of carbonyl (C=O) groups is 1. The highest BCUT2D eigenvalue weighted by Crippen LogP contribution is 2.16. The van der Waals surface area contributed by atoms with Gasteiger partial charge in [-0.2, -0.15) is 4.68 Å². The predicted molar refractivity (Wildman–Crippen MR) is 89.4 cm³/mol. The first-order valence-electron chi connectivity index (χ1n) is 7.72. The molecule has 0 atom stereocenters. The quantitative estimate of drug-likeness (QED) is 0.689. The Morgan fingerprint density at radius 2 is 1.81 bits per heavy atom. The predicted octanol–water partition coefficient (Wildman–Crippen LogP) is 1.51. The third-order valence-corrected chi connectivity index (χ3v) is 3.48. The number of ether oxygens (including phenoxy) is 2. The molecule has 0 unspecified atom stereocenters. The van der Waals surface area contributed by atoms with E-state index in [1.807, 2.05) is 0 Å². The first kappa shape index (κ1) is 17.3. The number of nitrogens with zero attached hydrogens (tertiary/aromatic N) is 4. The standard InChI is InChI=1S/C17H16FN5O3/c1-25-14-6-8-15(9-7-14)26-11-17(24)19-10-16-20-21-22-23(16)13-4-2-12(18)3-5-13/h2-9H,10-11H2,1H3,(H,19,24). The lowest BCUT2D eigenvalue weighted by Gasteiger charge is -2.08. The first-order valence-corrected chi connectivity index (χ1v) is 7.72. The number of benzene rings is 2. The van der Waals surface area contributed by atoms with E-state index < -0.39 is 0 Å². The minimum absolute atomic E-state index is 0.106. The average molecular weight is 357 g/mol. The van der Waals surface area contributed by atoms with Gasteiger partial charge in [-0.3, -0.25) is 4.79 Å². The van der Waals surface area contributed by atoms with Gasteiger partial charge in [0.1, 0.15) is 17.3 Å². The van der Waals surface area contributed by atoms with Crippen LogP contribution in [0.3, 0.4) is 0 Å². The molecule has 0 fully saturated rings. The van der Waals surface area contributed by atoms with Crippen LogP contribution in [0.5, 0.6) is 11.5 Å². The molecule has 0 aliphatic rings. The number of carbonyl (C=O) groups excluding carboxylic acids is 1. The monoisotopic (exact) mass is 357 g/mol. The van der Waals surface area contributed by atoms with Crippen molar-refractivity contribution >= 4 is 5.91 Å². The number of methoxy groups -OCH3 is 1. The summed E-state index contributed by atoms with van der Waals surface area (Å²) < 4.78 is 24.9. The van der Waals surface area contributed by atoms with Crippen LogP contribution < -0.4 is 14.8 Å². The maximum absolute atomic E-state index is 13.0. The number of nitrogens with one attached hydrogen (secondary N) is 1. The average Bonchev–Trinajstić information content (AvgIpc) is 3.14. The second-order valence-electron chi connectivity index (χ2n) is 5.22. The van der Waals surface area contributed by atoms with Crippen molar-refractivity contribution in [3.05, 3.63) is 60.2 Å². The minimum atomic E-state index is -0.354. The van der Waals surface area contributed by atoms with E-state index in [-0.39, 0.29) is 24.9 Å². The summed E-state index contributed by atoms with van der Waals surface area (Å²) in [5, 5.41) is 14.0. The molecule has 0 saturated carbocycles. The fourth-order valence-electron chi connectivity index (χ4n) is 2.15. The molecule has 0 spiro atoms. The van der Waals surface area contributed by atoms with Crippen molar-refractivity contribution in [3.8, 4) is 17.2 Å². The molecule has 1 N–H and O–H groups in total. The number of hydrogen-bond donors (Lipinski definition) is 1. The van der Waals surface area contributed by atoms with Gasteiger partial charge in [0.05, 0.1) is 19.3 Å². The second-order valence-corrected chi connectivity index (χ2v) is 5.22. The van der Waals surface area contributed by atoms with Crippen LogP contribution in [0.15, 0.2) is 48.5 Å². The zero-order valence-corrected chi connectivity index (χ0v) is 13.9. The topological polar surface area (TPSA) is 91.2 Å². The van der Waals surface area contributed by atoms with Crippen LogP contribution in [0.25, 0.3) is 5.69 Å². The van der Waals surface area contributed by atoms with Gasteiger partial charge >= 0.3 is 0 Å². The molecule has 9 heteroatoms. The highest BCUT2D eigenvalue weighted by Gasteiger charge is 2.10. The number of rotatable bonds is 7. The van der Waals surface area contributed by atoms with E-state index in [2.05, 4.69) is 20.8 Å². The van der Waals surface area contributed by atoms with Crippen molar-refractivity contribution in [1.29, 1.82) is 0 Å². The number of hydrogen-bond acceptors (Lipinski definition) is 6. The highest BCUT2D eigenvalue weighted by atomic mass is 19.1. The van der Waals surface area contributed by atoms with Gasteiger partial charge in [-0.15, -0.1) is 5.10 Å². The Hall–Kier alpha value is -3.49. The van der Waals surface area contributed by atoms with E-state index in [4.69, 9.17) is 9.47 Å². The summed E-state index contributed by atoms with van der Waals surface area (Å²) in [4.78, 5) is 11.9. The third-order valence-electron chi connectivity index (χ3n) is 3.48. The van der Waals surface area contributed by atoms with Crippen molar-refractivity contribution in [1.82, 2.24) is 25.5 Å². The summed E-state index contributed by atoms with van der Waals surface area (Å²) in [6.07, 6.45) is 0. The Morgan fingerprint density at radius 1 is 1.12 bits per heavy atom. The zero-order valence-electron chi connectivity index (χ0n) is 13.9. The van der Waals surface area contributed by atoms with Crippen molar-refractivity contribution in [2.24, 2.45) is 0 Å². The Bertz CT molecular complexity index is 865. The van der Waals surface area contributed by atoms with Gasteiger partial charge in [-0.25, -0.2) is 4.39 Å². The van der Waals surface area contributed by atoms with Gasteiger partial charge in [-0.1, -0.05) is 0 Å². The summed E-state index contributed by atoms with van der Waals surface area (Å²) in [5.74, 6) is 0.989. The maximum atomic E-state index is 13.0. The van der Waals surface area contributed by atoms with Crippen LogP contribution in [-0.4, -0.2) is 39.8 Å². The van der Waals surface area contributed by atoms with Crippen molar-refractivity contribution < 1.29 is 18.7 Å². The molecule has 1 aromatic heterocycles. The summed E-state index contributed by atoms with van der Waals surface area (Å²) >= 11 is 0. The molecule has 0 radical (unpaired) electrons. The van der Waals surface area contributed by atoms with Crippen LogP contribution in [0.4, 0.5) is 4.39 Å². The first-order chi connectivity index (χ1) is 12.7. The fourth-order valence-corrected chi connectivity index (χ4v) is 2.15. The van der Waals surface area contributed by atoms with Crippen LogP contribution >= 0.6 is 0 Å². The summed E-state index contributed by atoms with van der Waals surface area (Å²) in [6, 6.07) is 12.6. The lowest BCUT2D eigenvalue weighted by atomic mass is 10.3. The summed E-state index contributed by atoms with van der Waals surface area (Å²) in [5.41, 5.74) is 0.593. The maximum Gasteiger partial charge on any atom is 0.258 e. The Labute approximate surface area is 148 Å². The largest absolute Gasteiger partial charge is 0.497 e. The Kier molecular flexibility index (Phi) is 5.37. The third kappa shape index (κ3) is 4.32. The van der Waals surface area contributed by atoms with Gasteiger partial charge in [0, 0.05) is 0 Å². The van der Waals surface area contributed by atoms with Gasteiger partial charge in [0.15, 0.2) is 12.4 Å². The van der Waals surface area contributed by atoms with Crippen molar-refractivity contribution in [3.63, 3.8) is 0 Å². The number of amides is 1. The molecule has 0 saturated heterocycles. The number of tetrazole rings is 1. The molecule has 134 valence electrons. The molecule has 1 amide bonds. The van der Waals surface area contributed by atoms with Gasteiger partial charge < -0.3 is 14.8 Å². The van der Waals surface area contributed by atoms with E-state index in [1.165, 1.54) is 16.8 Å². The van der Waals surface area contributed by atoms with Crippen molar-refractivity contribution in [2.75, 3.05) is 13.7 Å². The molecule has 3 rings (SSSR count). The van der Waals surface area contributed by atoms with Gasteiger partial charge in [-0.05, 0) is 59.0 Å². The minimum Gasteiger partial charge on any atom is -0.497 e. The zero-order chi connectivity index (χ0) is 18.4. The molecule has 8 nitrogen and oxygen atoms in total. The van der Waals surface area contributed by atoms with Gasteiger partial charge in [0.25, 0.3) is 5.91 Å². The van der Waals surface area contributed by atoms with Crippen LogP contribution in [0.2, 0.25) is 0 Å². The summed E-state index contributed by atoms with van der Waals surface area (Å²) in [6.45, 7) is -0.0420. The van der Waals surface area contributed by atoms with Gasteiger partial charge in [0.2, 0.25) is 0 Å². The molecular weight excluding hydrogens is 341 g/mol. The SMILES string of the molecule is COc1ccc(OCC(=O)NCc2nnnn2-c2ccc(F)cc2)cc1. The van der Waals surface area contributed by atoms with E-state index in [1.54, 1.807) is 43.5 Å². The van der Waals surface area contributed by atoms with Crippen LogP contribution in [0.1, 0.15) is 5.82 Å². The Morgan fingerprint density at radius 3 is 2.50 bits per heavy atom. The molecule has 0 bridgehead atoms. The lowest BCUT2D eigenvalue weighted by molar-refractivity contribution is -0.123. The molecular formula is C17H16FN5O3. The van der Waals surface area contributed by atoms with Crippen LogP contribution in [-0.2, 0) is 11.3 Å². The summed E-state index contributed by atoms with van der Waals surface area (Å²) in [7, 11) is 1.57. The number of aromatic nitrogens is 4. The molecule has 0 aliphatic heterocycles.